The van der Waals surface area contributed by atoms with E-state index in [9.17, 15) is 9.59 Å². The molecule has 0 unspecified atom stereocenters. The standard InChI is InChI=1S/C24H24ClN3O2S/c1-4-24(2)13-15-7-5-6-8-18(15)21-20(24)22(30)28(3)23(27-21)31-14-19(29)26-17-11-9-16(25)10-12-17/h5-12H,4,13-14H2,1-3H3,(H,26,29)/t24-/m0/s1. The molecule has 1 aromatic heterocycles. The molecule has 2 aromatic carbocycles. The maximum Gasteiger partial charge on any atom is 0.258 e. The molecule has 0 radical (unpaired) electrons. The van der Waals surface area contributed by atoms with Crippen molar-refractivity contribution in [2.75, 3.05) is 11.1 Å². The minimum absolute atomic E-state index is 0.0375. The van der Waals surface area contributed by atoms with E-state index in [0.717, 1.165) is 29.7 Å². The van der Waals surface area contributed by atoms with Crippen LogP contribution in [0.2, 0.25) is 5.02 Å². The summed E-state index contributed by atoms with van der Waals surface area (Å²) in [5.74, 6) is -0.0212. The lowest BCUT2D eigenvalue weighted by Crippen LogP contribution is -2.39. The lowest BCUT2D eigenvalue weighted by molar-refractivity contribution is -0.113. The minimum atomic E-state index is -0.263. The average molecular weight is 454 g/mol. The first-order valence-corrected chi connectivity index (χ1v) is 11.6. The van der Waals surface area contributed by atoms with Gasteiger partial charge in [0, 0.05) is 28.7 Å². The topological polar surface area (TPSA) is 64.0 Å². The summed E-state index contributed by atoms with van der Waals surface area (Å²) in [6.07, 6.45) is 1.67. The second-order valence-electron chi connectivity index (χ2n) is 8.07. The molecule has 0 bridgehead atoms. The van der Waals surface area contributed by atoms with Crippen LogP contribution in [-0.4, -0.2) is 21.2 Å². The molecule has 3 aromatic rings. The van der Waals surface area contributed by atoms with Gasteiger partial charge in [-0.15, -0.1) is 0 Å². The predicted molar refractivity (Wildman–Crippen MR) is 127 cm³/mol. The van der Waals surface area contributed by atoms with Crippen LogP contribution in [0.4, 0.5) is 5.69 Å². The summed E-state index contributed by atoms with van der Waals surface area (Å²) in [5.41, 5.74) is 4.10. The van der Waals surface area contributed by atoms with Crippen molar-refractivity contribution in [1.29, 1.82) is 0 Å². The van der Waals surface area contributed by atoms with E-state index in [1.54, 1.807) is 35.9 Å². The number of nitrogens with one attached hydrogen (secondary N) is 1. The van der Waals surface area contributed by atoms with Gasteiger partial charge >= 0.3 is 0 Å². The number of fused-ring (bicyclic) bond motifs is 3. The SMILES string of the molecule is CC[C@@]1(C)Cc2ccccc2-c2nc(SCC(=O)Nc3ccc(Cl)cc3)n(C)c(=O)c21. The molecular formula is C24H24ClN3O2S. The summed E-state index contributed by atoms with van der Waals surface area (Å²) in [7, 11) is 1.73. The third kappa shape index (κ3) is 4.14. The van der Waals surface area contributed by atoms with Crippen LogP contribution in [0.1, 0.15) is 31.4 Å². The summed E-state index contributed by atoms with van der Waals surface area (Å²) in [5, 5.41) is 3.98. The molecule has 1 amide bonds. The minimum Gasteiger partial charge on any atom is -0.325 e. The summed E-state index contributed by atoms with van der Waals surface area (Å²) >= 11 is 7.15. The molecule has 31 heavy (non-hydrogen) atoms. The van der Waals surface area contributed by atoms with E-state index in [1.807, 2.05) is 18.2 Å². The predicted octanol–water partition coefficient (Wildman–Crippen LogP) is 5.06. The van der Waals surface area contributed by atoms with Crippen molar-refractivity contribution < 1.29 is 4.79 Å². The van der Waals surface area contributed by atoms with E-state index in [2.05, 4.69) is 25.2 Å². The van der Waals surface area contributed by atoms with Gasteiger partial charge in [-0.25, -0.2) is 4.98 Å². The third-order valence-corrected chi connectivity index (χ3v) is 7.23. The fraction of sp³-hybridized carbons (Fsp3) is 0.292. The van der Waals surface area contributed by atoms with Crippen LogP contribution in [0.25, 0.3) is 11.3 Å². The normalized spacial score (nSPS) is 17.0. The Morgan fingerprint density at radius 3 is 2.65 bits per heavy atom. The van der Waals surface area contributed by atoms with Crippen LogP contribution in [-0.2, 0) is 23.7 Å². The Kier molecular flexibility index (Phi) is 5.95. The summed E-state index contributed by atoms with van der Waals surface area (Å²) in [4.78, 5) is 30.7. The molecule has 0 spiro atoms. The molecule has 4 rings (SSSR count). The molecule has 5 nitrogen and oxygen atoms in total. The number of anilines is 1. The van der Waals surface area contributed by atoms with Gasteiger partial charge in [0.15, 0.2) is 5.16 Å². The highest BCUT2D eigenvalue weighted by Gasteiger charge is 2.37. The van der Waals surface area contributed by atoms with Gasteiger partial charge in [0.05, 0.1) is 17.0 Å². The first-order valence-electron chi connectivity index (χ1n) is 10.2. The van der Waals surface area contributed by atoms with Crippen LogP contribution < -0.4 is 10.9 Å². The number of carbonyl (C=O) groups excluding carboxylic acids is 1. The van der Waals surface area contributed by atoms with E-state index in [1.165, 1.54) is 17.3 Å². The first-order chi connectivity index (χ1) is 14.8. The Balaban J connectivity index is 1.65. The third-order valence-electron chi connectivity index (χ3n) is 5.95. The number of carbonyl (C=O) groups is 1. The molecule has 1 atom stereocenters. The smallest absolute Gasteiger partial charge is 0.258 e. The Hall–Kier alpha value is -2.57. The average Bonchev–Trinajstić information content (AvgIpc) is 2.76. The number of nitrogens with zero attached hydrogens (tertiary/aromatic N) is 2. The number of halogens is 1. The van der Waals surface area contributed by atoms with Gasteiger partial charge in [-0.2, -0.15) is 0 Å². The van der Waals surface area contributed by atoms with E-state index in [-0.39, 0.29) is 22.6 Å². The molecule has 160 valence electrons. The van der Waals surface area contributed by atoms with Crippen molar-refractivity contribution in [3.8, 4) is 11.3 Å². The number of hydrogen-bond donors (Lipinski definition) is 1. The van der Waals surface area contributed by atoms with Crippen LogP contribution in [0, 0.1) is 0 Å². The number of benzene rings is 2. The van der Waals surface area contributed by atoms with Gasteiger partial charge in [-0.1, -0.05) is 61.5 Å². The second kappa shape index (κ2) is 8.52. The zero-order chi connectivity index (χ0) is 22.2. The van der Waals surface area contributed by atoms with Gasteiger partial charge in [0.2, 0.25) is 5.91 Å². The van der Waals surface area contributed by atoms with Crippen molar-refractivity contribution in [3.63, 3.8) is 0 Å². The molecule has 1 heterocycles. The molecular weight excluding hydrogens is 430 g/mol. The molecule has 0 saturated carbocycles. The summed E-state index contributed by atoms with van der Waals surface area (Å²) < 4.78 is 1.57. The lowest BCUT2D eigenvalue weighted by Gasteiger charge is -2.35. The van der Waals surface area contributed by atoms with Gasteiger partial charge < -0.3 is 5.32 Å². The number of amides is 1. The number of aromatic nitrogens is 2. The molecule has 0 fully saturated rings. The number of rotatable bonds is 5. The Labute approximate surface area is 190 Å². The molecule has 0 aliphatic heterocycles. The Morgan fingerprint density at radius 2 is 1.94 bits per heavy atom. The van der Waals surface area contributed by atoms with E-state index in [0.29, 0.717) is 15.9 Å². The fourth-order valence-corrected chi connectivity index (χ4v) is 4.92. The van der Waals surface area contributed by atoms with Crippen molar-refractivity contribution in [3.05, 3.63) is 75.0 Å². The number of hydrogen-bond acceptors (Lipinski definition) is 4. The van der Waals surface area contributed by atoms with Gasteiger partial charge in [0.25, 0.3) is 5.56 Å². The first kappa shape index (κ1) is 21.7. The zero-order valence-corrected chi connectivity index (χ0v) is 19.3. The largest absolute Gasteiger partial charge is 0.325 e. The van der Waals surface area contributed by atoms with Crippen LogP contribution >= 0.6 is 23.4 Å². The second-order valence-corrected chi connectivity index (χ2v) is 9.45. The molecule has 1 aliphatic carbocycles. The van der Waals surface area contributed by atoms with E-state index < -0.39 is 0 Å². The fourth-order valence-electron chi connectivity index (χ4n) is 4.03. The Morgan fingerprint density at radius 1 is 1.23 bits per heavy atom. The lowest BCUT2D eigenvalue weighted by atomic mass is 9.69. The van der Waals surface area contributed by atoms with Crippen LogP contribution in [0.5, 0.6) is 0 Å². The zero-order valence-electron chi connectivity index (χ0n) is 17.7. The van der Waals surface area contributed by atoms with Crippen LogP contribution in [0.15, 0.2) is 58.5 Å². The number of thioether (sulfide) groups is 1. The van der Waals surface area contributed by atoms with Crippen molar-refractivity contribution in [2.45, 2.75) is 37.3 Å². The molecule has 1 N–H and O–H groups in total. The monoisotopic (exact) mass is 453 g/mol. The maximum absolute atomic E-state index is 13.4. The molecule has 7 heteroatoms. The van der Waals surface area contributed by atoms with Gasteiger partial charge in [-0.05, 0) is 42.7 Å². The maximum atomic E-state index is 13.4. The highest BCUT2D eigenvalue weighted by molar-refractivity contribution is 7.99. The highest BCUT2D eigenvalue weighted by Crippen LogP contribution is 2.42. The van der Waals surface area contributed by atoms with Crippen LogP contribution in [0.3, 0.4) is 0 Å². The van der Waals surface area contributed by atoms with Gasteiger partial charge in [-0.3, -0.25) is 14.2 Å². The summed E-state index contributed by atoms with van der Waals surface area (Å²) in [6.45, 7) is 4.25. The van der Waals surface area contributed by atoms with E-state index in [4.69, 9.17) is 16.6 Å². The Bertz CT molecular complexity index is 1210. The highest BCUT2D eigenvalue weighted by atomic mass is 35.5. The van der Waals surface area contributed by atoms with Crippen molar-refractivity contribution in [2.24, 2.45) is 7.05 Å². The van der Waals surface area contributed by atoms with E-state index >= 15 is 0 Å². The molecule has 1 aliphatic rings. The van der Waals surface area contributed by atoms with Crippen molar-refractivity contribution in [1.82, 2.24) is 9.55 Å². The van der Waals surface area contributed by atoms with Crippen molar-refractivity contribution >= 4 is 35.0 Å². The molecule has 0 saturated heterocycles. The quantitative estimate of drug-likeness (QED) is 0.433. The van der Waals surface area contributed by atoms with Gasteiger partial charge in [0.1, 0.15) is 0 Å². The summed E-state index contributed by atoms with van der Waals surface area (Å²) in [6, 6.07) is 15.1.